The SMILES string of the molecule is CCCCC1CCC(C(NC)c2cccc(C)c2C)CC1. The summed E-state index contributed by atoms with van der Waals surface area (Å²) in [6.45, 7) is 6.82. The zero-order valence-corrected chi connectivity index (χ0v) is 14.4. The van der Waals surface area contributed by atoms with Gasteiger partial charge in [-0.3, -0.25) is 0 Å². The summed E-state index contributed by atoms with van der Waals surface area (Å²) in [5.41, 5.74) is 4.42. The zero-order chi connectivity index (χ0) is 15.2. The van der Waals surface area contributed by atoms with Gasteiger partial charge in [0.25, 0.3) is 0 Å². The zero-order valence-electron chi connectivity index (χ0n) is 14.4. The smallest absolute Gasteiger partial charge is 0.0348 e. The summed E-state index contributed by atoms with van der Waals surface area (Å²) in [6.07, 6.45) is 9.89. The van der Waals surface area contributed by atoms with Gasteiger partial charge in [-0.25, -0.2) is 0 Å². The first-order valence-corrected chi connectivity index (χ1v) is 8.90. The third-order valence-corrected chi connectivity index (χ3v) is 5.62. The quantitative estimate of drug-likeness (QED) is 0.722. The van der Waals surface area contributed by atoms with Gasteiger partial charge < -0.3 is 5.32 Å². The molecule has 1 aromatic carbocycles. The highest BCUT2D eigenvalue weighted by molar-refractivity contribution is 5.35. The van der Waals surface area contributed by atoms with Crippen LogP contribution in [0, 0.1) is 25.7 Å². The van der Waals surface area contributed by atoms with Crippen LogP contribution in [0.2, 0.25) is 0 Å². The van der Waals surface area contributed by atoms with E-state index < -0.39 is 0 Å². The van der Waals surface area contributed by atoms with Crippen molar-refractivity contribution in [3.05, 3.63) is 34.9 Å². The highest BCUT2D eigenvalue weighted by atomic mass is 14.9. The molecule has 1 unspecified atom stereocenters. The number of unbranched alkanes of at least 4 members (excludes halogenated alkanes) is 1. The highest BCUT2D eigenvalue weighted by Crippen LogP contribution is 2.39. The van der Waals surface area contributed by atoms with Crippen molar-refractivity contribution in [3.8, 4) is 0 Å². The molecule has 1 N–H and O–H groups in total. The van der Waals surface area contributed by atoms with E-state index in [-0.39, 0.29) is 0 Å². The number of benzene rings is 1. The molecule has 0 spiro atoms. The van der Waals surface area contributed by atoms with Gasteiger partial charge in [-0.1, -0.05) is 57.2 Å². The van der Waals surface area contributed by atoms with Crippen LogP contribution >= 0.6 is 0 Å². The van der Waals surface area contributed by atoms with Gasteiger partial charge in [-0.05, 0) is 62.3 Å². The number of aryl methyl sites for hydroxylation is 1. The lowest BCUT2D eigenvalue weighted by atomic mass is 9.74. The van der Waals surface area contributed by atoms with Crippen molar-refractivity contribution in [2.45, 2.75) is 71.8 Å². The molecule has 1 heteroatoms. The van der Waals surface area contributed by atoms with E-state index in [0.29, 0.717) is 6.04 Å². The van der Waals surface area contributed by atoms with E-state index >= 15 is 0 Å². The van der Waals surface area contributed by atoms with Crippen molar-refractivity contribution in [1.82, 2.24) is 5.32 Å². The molecule has 1 aliphatic rings. The van der Waals surface area contributed by atoms with Gasteiger partial charge in [0.2, 0.25) is 0 Å². The van der Waals surface area contributed by atoms with E-state index in [1.54, 1.807) is 0 Å². The fraction of sp³-hybridized carbons (Fsp3) is 0.700. The Hall–Kier alpha value is -0.820. The average Bonchev–Trinajstić information content (AvgIpc) is 2.51. The standard InChI is InChI=1S/C20H33N/c1-5-6-9-17-11-13-18(14-12-17)20(21-4)19-10-7-8-15(2)16(19)3/h7-8,10,17-18,20-21H,5-6,9,11-14H2,1-4H3. The lowest BCUT2D eigenvalue weighted by Crippen LogP contribution is -2.29. The van der Waals surface area contributed by atoms with Crippen LogP contribution in [0.4, 0.5) is 0 Å². The fourth-order valence-electron chi connectivity index (χ4n) is 4.06. The molecule has 1 atom stereocenters. The van der Waals surface area contributed by atoms with Crippen LogP contribution in [0.3, 0.4) is 0 Å². The second kappa shape index (κ2) is 7.98. The topological polar surface area (TPSA) is 12.0 Å². The first-order valence-electron chi connectivity index (χ1n) is 8.90. The van der Waals surface area contributed by atoms with Gasteiger partial charge in [0, 0.05) is 6.04 Å². The van der Waals surface area contributed by atoms with Crippen LogP contribution in [0.15, 0.2) is 18.2 Å². The molecule has 0 bridgehead atoms. The fourth-order valence-corrected chi connectivity index (χ4v) is 4.06. The number of nitrogens with one attached hydrogen (secondary N) is 1. The Bertz CT molecular complexity index is 429. The van der Waals surface area contributed by atoms with Crippen LogP contribution in [-0.4, -0.2) is 7.05 Å². The monoisotopic (exact) mass is 287 g/mol. The Labute approximate surface area is 131 Å². The molecule has 0 heterocycles. The van der Waals surface area contributed by atoms with Crippen molar-refractivity contribution in [2.75, 3.05) is 7.05 Å². The first kappa shape index (κ1) is 16.5. The van der Waals surface area contributed by atoms with Gasteiger partial charge >= 0.3 is 0 Å². The predicted molar refractivity (Wildman–Crippen MR) is 92.7 cm³/mol. The van der Waals surface area contributed by atoms with E-state index in [1.165, 1.54) is 61.6 Å². The van der Waals surface area contributed by atoms with Crippen molar-refractivity contribution in [1.29, 1.82) is 0 Å². The van der Waals surface area contributed by atoms with Crippen molar-refractivity contribution in [2.24, 2.45) is 11.8 Å². The molecule has 0 amide bonds. The summed E-state index contributed by atoms with van der Waals surface area (Å²) in [6, 6.07) is 7.31. The van der Waals surface area contributed by atoms with Gasteiger partial charge in [0.05, 0.1) is 0 Å². The summed E-state index contributed by atoms with van der Waals surface area (Å²) in [5.74, 6) is 1.81. The molecule has 21 heavy (non-hydrogen) atoms. The lowest BCUT2D eigenvalue weighted by molar-refractivity contribution is 0.217. The second-order valence-corrected chi connectivity index (χ2v) is 6.98. The Balaban J connectivity index is 2.01. The molecular formula is C20H33N. The van der Waals surface area contributed by atoms with Crippen molar-refractivity contribution in [3.63, 3.8) is 0 Å². The van der Waals surface area contributed by atoms with Crippen LogP contribution in [0.1, 0.15) is 74.6 Å². The van der Waals surface area contributed by atoms with Crippen LogP contribution < -0.4 is 5.32 Å². The molecule has 0 saturated heterocycles. The third-order valence-electron chi connectivity index (χ3n) is 5.62. The van der Waals surface area contributed by atoms with Gasteiger partial charge in [-0.2, -0.15) is 0 Å². The van der Waals surface area contributed by atoms with Crippen LogP contribution in [0.25, 0.3) is 0 Å². The van der Waals surface area contributed by atoms with Gasteiger partial charge in [0.1, 0.15) is 0 Å². The summed E-state index contributed by atoms with van der Waals surface area (Å²) in [4.78, 5) is 0. The largest absolute Gasteiger partial charge is 0.313 e. The van der Waals surface area contributed by atoms with E-state index in [2.05, 4.69) is 51.3 Å². The first-order chi connectivity index (χ1) is 10.2. The Kier molecular flexibility index (Phi) is 6.29. The normalized spacial score (nSPS) is 24.0. The Morgan fingerprint density at radius 2 is 1.86 bits per heavy atom. The predicted octanol–water partition coefficient (Wildman–Crippen LogP) is 5.56. The van der Waals surface area contributed by atoms with E-state index in [0.717, 1.165) is 11.8 Å². The molecule has 1 aromatic rings. The molecule has 0 radical (unpaired) electrons. The molecule has 1 aliphatic carbocycles. The second-order valence-electron chi connectivity index (χ2n) is 6.98. The number of hydrogen-bond acceptors (Lipinski definition) is 1. The summed E-state index contributed by atoms with van der Waals surface area (Å²) in [5, 5.41) is 3.61. The van der Waals surface area contributed by atoms with E-state index in [1.807, 2.05) is 0 Å². The Morgan fingerprint density at radius 3 is 2.48 bits per heavy atom. The van der Waals surface area contributed by atoms with E-state index in [9.17, 15) is 0 Å². The molecule has 1 nitrogen and oxygen atoms in total. The maximum absolute atomic E-state index is 3.61. The van der Waals surface area contributed by atoms with Gasteiger partial charge in [0.15, 0.2) is 0 Å². The van der Waals surface area contributed by atoms with E-state index in [4.69, 9.17) is 0 Å². The van der Waals surface area contributed by atoms with Crippen LogP contribution in [0.5, 0.6) is 0 Å². The third kappa shape index (κ3) is 4.10. The minimum absolute atomic E-state index is 0.539. The van der Waals surface area contributed by atoms with Crippen LogP contribution in [-0.2, 0) is 0 Å². The number of rotatable bonds is 6. The molecule has 0 aromatic heterocycles. The average molecular weight is 287 g/mol. The molecule has 1 fully saturated rings. The van der Waals surface area contributed by atoms with Crippen molar-refractivity contribution < 1.29 is 0 Å². The molecule has 0 aliphatic heterocycles. The minimum atomic E-state index is 0.539. The summed E-state index contributed by atoms with van der Waals surface area (Å²) < 4.78 is 0. The molecular weight excluding hydrogens is 254 g/mol. The lowest BCUT2D eigenvalue weighted by Gasteiger charge is -2.35. The number of hydrogen-bond donors (Lipinski definition) is 1. The summed E-state index contributed by atoms with van der Waals surface area (Å²) >= 11 is 0. The molecule has 1 saturated carbocycles. The Morgan fingerprint density at radius 1 is 1.14 bits per heavy atom. The minimum Gasteiger partial charge on any atom is -0.313 e. The van der Waals surface area contributed by atoms with Crippen molar-refractivity contribution >= 4 is 0 Å². The maximum Gasteiger partial charge on any atom is 0.0348 e. The van der Waals surface area contributed by atoms with Gasteiger partial charge in [-0.15, -0.1) is 0 Å². The summed E-state index contributed by atoms with van der Waals surface area (Å²) in [7, 11) is 2.13. The molecule has 118 valence electrons. The molecule has 2 rings (SSSR count). The maximum atomic E-state index is 3.61. The highest BCUT2D eigenvalue weighted by Gasteiger charge is 2.28.